The standard InChI is InChI=1S/C15H22O4/c1-10(13(17)11-7-5-4-6-8-11)14-12(9-16)18-15(2,3)19-14/h4-8,10,12-14,16-17H,9H2,1-3H3/t10-,12-,13?,14+/m0/s1. The molecule has 0 aliphatic carbocycles. The largest absolute Gasteiger partial charge is 0.394 e. The first-order valence-corrected chi connectivity index (χ1v) is 6.64. The van der Waals surface area contributed by atoms with Crippen LogP contribution in [0.1, 0.15) is 32.4 Å². The Balaban J connectivity index is 2.13. The summed E-state index contributed by atoms with van der Waals surface area (Å²) in [7, 11) is 0. The molecular weight excluding hydrogens is 244 g/mol. The molecule has 4 atom stereocenters. The molecule has 1 unspecified atom stereocenters. The molecule has 0 bridgehead atoms. The Morgan fingerprint density at radius 3 is 2.42 bits per heavy atom. The van der Waals surface area contributed by atoms with E-state index in [0.717, 1.165) is 5.56 Å². The lowest BCUT2D eigenvalue weighted by atomic mass is 9.90. The molecule has 1 fully saturated rings. The van der Waals surface area contributed by atoms with Crippen molar-refractivity contribution < 1.29 is 19.7 Å². The molecule has 2 rings (SSSR count). The third-order valence-electron chi connectivity index (χ3n) is 3.56. The van der Waals surface area contributed by atoms with Crippen LogP contribution in [0.15, 0.2) is 30.3 Å². The molecular formula is C15H22O4. The van der Waals surface area contributed by atoms with Gasteiger partial charge in [0.2, 0.25) is 0 Å². The number of aliphatic hydroxyl groups excluding tert-OH is 2. The van der Waals surface area contributed by atoms with E-state index in [-0.39, 0.29) is 18.6 Å². The van der Waals surface area contributed by atoms with Gasteiger partial charge in [0.1, 0.15) is 6.10 Å². The fourth-order valence-electron chi connectivity index (χ4n) is 2.58. The Labute approximate surface area is 114 Å². The van der Waals surface area contributed by atoms with E-state index in [1.807, 2.05) is 51.1 Å². The fraction of sp³-hybridized carbons (Fsp3) is 0.600. The van der Waals surface area contributed by atoms with E-state index in [0.29, 0.717) is 0 Å². The number of rotatable bonds is 4. The maximum atomic E-state index is 10.4. The minimum Gasteiger partial charge on any atom is -0.394 e. The van der Waals surface area contributed by atoms with Gasteiger partial charge in [0.25, 0.3) is 0 Å². The van der Waals surface area contributed by atoms with Crippen molar-refractivity contribution in [2.75, 3.05) is 6.61 Å². The first kappa shape index (κ1) is 14.5. The van der Waals surface area contributed by atoms with Gasteiger partial charge < -0.3 is 19.7 Å². The predicted molar refractivity (Wildman–Crippen MR) is 71.5 cm³/mol. The van der Waals surface area contributed by atoms with Crippen molar-refractivity contribution in [3.05, 3.63) is 35.9 Å². The summed E-state index contributed by atoms with van der Waals surface area (Å²) >= 11 is 0. The second-order valence-corrected chi connectivity index (χ2v) is 5.54. The van der Waals surface area contributed by atoms with E-state index >= 15 is 0 Å². The van der Waals surface area contributed by atoms with Gasteiger partial charge in [-0.05, 0) is 19.4 Å². The lowest BCUT2D eigenvalue weighted by Crippen LogP contribution is -2.35. The molecule has 1 aliphatic rings. The van der Waals surface area contributed by atoms with Gasteiger partial charge in [0.05, 0.1) is 18.8 Å². The van der Waals surface area contributed by atoms with Crippen LogP contribution < -0.4 is 0 Å². The van der Waals surface area contributed by atoms with Crippen molar-refractivity contribution >= 4 is 0 Å². The summed E-state index contributed by atoms with van der Waals surface area (Å²) in [6, 6.07) is 9.47. The average Bonchev–Trinajstić information content (AvgIpc) is 2.73. The summed E-state index contributed by atoms with van der Waals surface area (Å²) < 4.78 is 11.4. The second kappa shape index (κ2) is 5.59. The van der Waals surface area contributed by atoms with Gasteiger partial charge in [0, 0.05) is 5.92 Å². The lowest BCUT2D eigenvalue weighted by Gasteiger charge is -2.27. The number of hydrogen-bond acceptors (Lipinski definition) is 4. The molecule has 0 radical (unpaired) electrons. The van der Waals surface area contributed by atoms with E-state index in [2.05, 4.69) is 0 Å². The Bertz CT molecular complexity index is 404. The zero-order valence-electron chi connectivity index (χ0n) is 11.6. The van der Waals surface area contributed by atoms with Gasteiger partial charge in [-0.3, -0.25) is 0 Å². The molecule has 0 amide bonds. The van der Waals surface area contributed by atoms with Crippen molar-refractivity contribution in [1.29, 1.82) is 0 Å². The van der Waals surface area contributed by atoms with Gasteiger partial charge in [-0.2, -0.15) is 0 Å². The van der Waals surface area contributed by atoms with Crippen LogP contribution in [-0.2, 0) is 9.47 Å². The number of benzene rings is 1. The molecule has 4 nitrogen and oxygen atoms in total. The van der Waals surface area contributed by atoms with Crippen molar-refractivity contribution in [2.24, 2.45) is 5.92 Å². The highest BCUT2D eigenvalue weighted by atomic mass is 16.8. The maximum absolute atomic E-state index is 10.4. The molecule has 1 aromatic carbocycles. The third-order valence-corrected chi connectivity index (χ3v) is 3.56. The molecule has 4 heteroatoms. The SMILES string of the molecule is C[C@@H](C(O)c1ccccc1)[C@H]1OC(C)(C)O[C@H]1CO. The molecule has 1 heterocycles. The van der Waals surface area contributed by atoms with Gasteiger partial charge in [0.15, 0.2) is 5.79 Å². The Morgan fingerprint density at radius 1 is 1.21 bits per heavy atom. The Hall–Kier alpha value is -0.940. The van der Waals surface area contributed by atoms with Crippen LogP contribution in [0.25, 0.3) is 0 Å². The third kappa shape index (κ3) is 3.15. The molecule has 106 valence electrons. The van der Waals surface area contributed by atoms with Crippen molar-refractivity contribution in [2.45, 2.75) is 44.9 Å². The second-order valence-electron chi connectivity index (χ2n) is 5.54. The van der Waals surface area contributed by atoms with E-state index in [4.69, 9.17) is 9.47 Å². The number of hydrogen-bond donors (Lipinski definition) is 2. The van der Waals surface area contributed by atoms with Crippen molar-refractivity contribution in [3.63, 3.8) is 0 Å². The summed E-state index contributed by atoms with van der Waals surface area (Å²) in [5, 5.41) is 19.8. The maximum Gasteiger partial charge on any atom is 0.163 e. The highest BCUT2D eigenvalue weighted by molar-refractivity contribution is 5.18. The van der Waals surface area contributed by atoms with Crippen molar-refractivity contribution in [1.82, 2.24) is 0 Å². The molecule has 1 aliphatic heterocycles. The summed E-state index contributed by atoms with van der Waals surface area (Å²) in [5.41, 5.74) is 0.847. The molecule has 0 spiro atoms. The lowest BCUT2D eigenvalue weighted by molar-refractivity contribution is -0.155. The quantitative estimate of drug-likeness (QED) is 0.873. The normalized spacial score (nSPS) is 29.1. The Morgan fingerprint density at radius 2 is 1.84 bits per heavy atom. The topological polar surface area (TPSA) is 58.9 Å². The van der Waals surface area contributed by atoms with Crippen LogP contribution in [0.3, 0.4) is 0 Å². The van der Waals surface area contributed by atoms with Gasteiger partial charge in [-0.25, -0.2) is 0 Å². The molecule has 19 heavy (non-hydrogen) atoms. The molecule has 0 aromatic heterocycles. The number of ether oxygens (including phenoxy) is 2. The highest BCUT2D eigenvalue weighted by Crippen LogP contribution is 2.36. The molecule has 1 aromatic rings. The van der Waals surface area contributed by atoms with E-state index < -0.39 is 18.0 Å². The fourth-order valence-corrected chi connectivity index (χ4v) is 2.58. The zero-order valence-corrected chi connectivity index (χ0v) is 11.6. The average molecular weight is 266 g/mol. The van der Waals surface area contributed by atoms with Crippen LogP contribution in [0.5, 0.6) is 0 Å². The zero-order chi connectivity index (χ0) is 14.0. The van der Waals surface area contributed by atoms with Crippen LogP contribution in [0.4, 0.5) is 0 Å². The van der Waals surface area contributed by atoms with Gasteiger partial charge in [-0.1, -0.05) is 37.3 Å². The minimum atomic E-state index is -0.720. The Kier molecular flexibility index (Phi) is 4.26. The summed E-state index contributed by atoms with van der Waals surface area (Å²) in [4.78, 5) is 0. The van der Waals surface area contributed by atoms with E-state index in [1.54, 1.807) is 0 Å². The molecule has 1 saturated heterocycles. The molecule has 2 N–H and O–H groups in total. The van der Waals surface area contributed by atoms with Gasteiger partial charge in [-0.15, -0.1) is 0 Å². The minimum absolute atomic E-state index is 0.111. The smallest absolute Gasteiger partial charge is 0.163 e. The highest BCUT2D eigenvalue weighted by Gasteiger charge is 2.45. The monoisotopic (exact) mass is 266 g/mol. The summed E-state index contributed by atoms with van der Waals surface area (Å²) in [6.45, 7) is 5.43. The first-order chi connectivity index (χ1) is 8.94. The molecule has 0 saturated carbocycles. The van der Waals surface area contributed by atoms with Crippen LogP contribution in [-0.4, -0.2) is 34.8 Å². The first-order valence-electron chi connectivity index (χ1n) is 6.64. The predicted octanol–water partition coefficient (Wildman–Crippen LogP) is 1.87. The number of aliphatic hydroxyl groups is 2. The van der Waals surface area contributed by atoms with E-state index in [9.17, 15) is 10.2 Å². The van der Waals surface area contributed by atoms with Crippen LogP contribution in [0, 0.1) is 5.92 Å². The van der Waals surface area contributed by atoms with Gasteiger partial charge >= 0.3 is 0 Å². The van der Waals surface area contributed by atoms with Crippen molar-refractivity contribution in [3.8, 4) is 0 Å². The summed E-state index contributed by atoms with van der Waals surface area (Å²) in [5.74, 6) is -0.885. The van der Waals surface area contributed by atoms with Crippen LogP contribution >= 0.6 is 0 Å². The van der Waals surface area contributed by atoms with E-state index in [1.165, 1.54) is 0 Å². The summed E-state index contributed by atoms with van der Waals surface area (Å²) in [6.07, 6.45) is -1.36. The van der Waals surface area contributed by atoms with Crippen LogP contribution in [0.2, 0.25) is 0 Å².